The van der Waals surface area contributed by atoms with Crippen LogP contribution in [0, 0.1) is 5.92 Å². The average molecular weight is 216 g/mol. The van der Waals surface area contributed by atoms with Crippen LogP contribution in [-0.4, -0.2) is 16.0 Å². The first-order valence-electron chi connectivity index (χ1n) is 6.50. The Labute approximate surface area is 94.7 Å². The van der Waals surface area contributed by atoms with Gasteiger partial charge in [0, 0.05) is 12.8 Å². The molecule has 2 nitrogen and oxygen atoms in total. The van der Waals surface area contributed by atoms with Crippen LogP contribution in [0.5, 0.6) is 0 Å². The van der Waals surface area contributed by atoms with Crippen LogP contribution in [0.3, 0.4) is 0 Å². The Hall–Kier alpha value is -0.0800. The van der Waals surface area contributed by atoms with Crippen LogP contribution < -0.4 is 0 Å². The Morgan fingerprint density at radius 3 is 2.07 bits per heavy atom. The predicted octanol–water partition coefficient (Wildman–Crippen LogP) is 3.46. The van der Waals surface area contributed by atoms with E-state index in [4.69, 9.17) is 0 Å². The van der Waals surface area contributed by atoms with Gasteiger partial charge in [-0.25, -0.2) is 0 Å². The molecule has 1 atom stereocenters. The molecule has 0 saturated carbocycles. The molecule has 0 radical (unpaired) electrons. The maximum atomic E-state index is 9.80. The quantitative estimate of drug-likeness (QED) is 0.579. The fraction of sp³-hybridized carbons (Fsp3) is 1.00. The summed E-state index contributed by atoms with van der Waals surface area (Å²) < 4.78 is 0. The largest absolute Gasteiger partial charge is 0.366 e. The molecule has 0 heterocycles. The maximum absolute atomic E-state index is 9.80. The van der Waals surface area contributed by atoms with Crippen LogP contribution in [0.1, 0.15) is 72.1 Å². The van der Waals surface area contributed by atoms with Gasteiger partial charge in [-0.15, -0.1) is 0 Å². The summed E-state index contributed by atoms with van der Waals surface area (Å²) in [5, 5.41) is 19.6. The summed E-state index contributed by atoms with van der Waals surface area (Å²) in [7, 11) is 0. The van der Waals surface area contributed by atoms with Crippen molar-refractivity contribution in [2.45, 2.75) is 77.9 Å². The minimum Gasteiger partial charge on any atom is -0.366 e. The fourth-order valence-corrected chi connectivity index (χ4v) is 1.97. The molecule has 0 saturated heterocycles. The van der Waals surface area contributed by atoms with Gasteiger partial charge in [-0.2, -0.15) is 0 Å². The second kappa shape index (κ2) is 8.12. The molecule has 0 aromatic carbocycles. The normalized spacial score (nSPS) is 14.2. The maximum Gasteiger partial charge on any atom is 0.162 e. The van der Waals surface area contributed by atoms with Crippen molar-refractivity contribution in [3.8, 4) is 0 Å². The van der Waals surface area contributed by atoms with Crippen LogP contribution in [-0.2, 0) is 0 Å². The lowest BCUT2D eigenvalue weighted by Crippen LogP contribution is -2.30. The van der Waals surface area contributed by atoms with Crippen molar-refractivity contribution in [3.63, 3.8) is 0 Å². The van der Waals surface area contributed by atoms with Crippen LogP contribution >= 0.6 is 0 Å². The van der Waals surface area contributed by atoms with Crippen molar-refractivity contribution in [2.24, 2.45) is 5.92 Å². The van der Waals surface area contributed by atoms with Crippen molar-refractivity contribution < 1.29 is 10.2 Å². The number of hydrogen-bond acceptors (Lipinski definition) is 2. The number of unbranched alkanes of at least 4 members (excludes halogenated alkanes) is 2. The van der Waals surface area contributed by atoms with E-state index < -0.39 is 5.79 Å². The molecule has 0 bridgehead atoms. The highest BCUT2D eigenvalue weighted by Crippen LogP contribution is 2.26. The molecule has 2 heteroatoms. The number of rotatable bonds is 9. The van der Waals surface area contributed by atoms with Crippen LogP contribution in [0.25, 0.3) is 0 Å². The lowest BCUT2D eigenvalue weighted by molar-refractivity contribution is -0.179. The first-order chi connectivity index (χ1) is 7.05. The van der Waals surface area contributed by atoms with Crippen molar-refractivity contribution in [2.75, 3.05) is 0 Å². The highest BCUT2D eigenvalue weighted by Gasteiger charge is 2.25. The molecule has 0 fully saturated rings. The third-order valence-electron chi connectivity index (χ3n) is 3.09. The van der Waals surface area contributed by atoms with Gasteiger partial charge in [-0.05, 0) is 12.3 Å². The lowest BCUT2D eigenvalue weighted by Gasteiger charge is -2.26. The minimum atomic E-state index is -1.43. The summed E-state index contributed by atoms with van der Waals surface area (Å²) >= 11 is 0. The molecule has 92 valence electrons. The fourth-order valence-electron chi connectivity index (χ4n) is 1.97. The first-order valence-corrected chi connectivity index (χ1v) is 6.50. The summed E-state index contributed by atoms with van der Waals surface area (Å²) in [5.74, 6) is -0.957. The standard InChI is InChI=1S/C13H28O2/c1-4-7-9-12(6-3)11-13(14,15)10-8-5-2/h12,14-15H,4-11H2,1-3H3. The summed E-state index contributed by atoms with van der Waals surface area (Å²) in [6, 6.07) is 0. The number of aliphatic hydroxyl groups is 2. The van der Waals surface area contributed by atoms with Gasteiger partial charge in [0.2, 0.25) is 0 Å². The molecule has 0 rings (SSSR count). The van der Waals surface area contributed by atoms with Crippen molar-refractivity contribution in [1.82, 2.24) is 0 Å². The molecular weight excluding hydrogens is 188 g/mol. The molecule has 0 aliphatic heterocycles. The van der Waals surface area contributed by atoms with Gasteiger partial charge in [-0.1, -0.05) is 52.9 Å². The van der Waals surface area contributed by atoms with Gasteiger partial charge in [-0.3, -0.25) is 0 Å². The predicted molar refractivity (Wildman–Crippen MR) is 64.6 cm³/mol. The second-order valence-corrected chi connectivity index (χ2v) is 4.71. The third-order valence-corrected chi connectivity index (χ3v) is 3.09. The Morgan fingerprint density at radius 1 is 1.00 bits per heavy atom. The van der Waals surface area contributed by atoms with Crippen molar-refractivity contribution in [3.05, 3.63) is 0 Å². The van der Waals surface area contributed by atoms with E-state index in [0.717, 1.165) is 25.7 Å². The third kappa shape index (κ3) is 7.80. The van der Waals surface area contributed by atoms with Gasteiger partial charge in [0.25, 0.3) is 0 Å². The van der Waals surface area contributed by atoms with E-state index in [0.29, 0.717) is 18.8 Å². The van der Waals surface area contributed by atoms with Gasteiger partial charge in [0.05, 0.1) is 0 Å². The lowest BCUT2D eigenvalue weighted by atomic mass is 9.89. The highest BCUT2D eigenvalue weighted by molar-refractivity contribution is 4.70. The van der Waals surface area contributed by atoms with E-state index in [9.17, 15) is 10.2 Å². The van der Waals surface area contributed by atoms with Gasteiger partial charge >= 0.3 is 0 Å². The van der Waals surface area contributed by atoms with E-state index in [1.54, 1.807) is 0 Å². The molecule has 15 heavy (non-hydrogen) atoms. The van der Waals surface area contributed by atoms with E-state index in [1.165, 1.54) is 12.8 Å². The highest BCUT2D eigenvalue weighted by atomic mass is 16.5. The van der Waals surface area contributed by atoms with Gasteiger partial charge in [0.15, 0.2) is 5.79 Å². The molecule has 2 N–H and O–H groups in total. The summed E-state index contributed by atoms with van der Waals surface area (Å²) in [6.07, 6.45) is 7.55. The SMILES string of the molecule is CCCCC(CC)CC(O)(O)CCCC. The van der Waals surface area contributed by atoms with Crippen LogP contribution in [0.4, 0.5) is 0 Å². The van der Waals surface area contributed by atoms with E-state index in [-0.39, 0.29) is 0 Å². The molecular formula is C13H28O2. The molecule has 0 aromatic rings. The summed E-state index contributed by atoms with van der Waals surface area (Å²) in [4.78, 5) is 0. The van der Waals surface area contributed by atoms with E-state index in [2.05, 4.69) is 20.8 Å². The van der Waals surface area contributed by atoms with Crippen LogP contribution in [0.2, 0.25) is 0 Å². The molecule has 0 spiro atoms. The topological polar surface area (TPSA) is 40.5 Å². The zero-order valence-electron chi connectivity index (χ0n) is 10.6. The zero-order valence-corrected chi connectivity index (χ0v) is 10.6. The summed E-state index contributed by atoms with van der Waals surface area (Å²) in [6.45, 7) is 6.38. The van der Waals surface area contributed by atoms with E-state index >= 15 is 0 Å². The van der Waals surface area contributed by atoms with Crippen molar-refractivity contribution >= 4 is 0 Å². The Bertz CT molecular complexity index is 143. The average Bonchev–Trinajstić information content (AvgIpc) is 2.21. The Morgan fingerprint density at radius 2 is 1.60 bits per heavy atom. The molecule has 1 unspecified atom stereocenters. The van der Waals surface area contributed by atoms with Gasteiger partial charge < -0.3 is 10.2 Å². The molecule has 0 aromatic heterocycles. The smallest absolute Gasteiger partial charge is 0.162 e. The van der Waals surface area contributed by atoms with E-state index in [1.807, 2.05) is 0 Å². The minimum absolute atomic E-state index is 0.469. The second-order valence-electron chi connectivity index (χ2n) is 4.71. The van der Waals surface area contributed by atoms with Crippen LogP contribution in [0.15, 0.2) is 0 Å². The molecule has 0 aliphatic carbocycles. The molecule has 0 aliphatic rings. The molecule has 0 amide bonds. The Balaban J connectivity index is 3.90. The summed E-state index contributed by atoms with van der Waals surface area (Å²) in [5.41, 5.74) is 0. The first kappa shape index (κ1) is 14.9. The van der Waals surface area contributed by atoms with Gasteiger partial charge in [0.1, 0.15) is 0 Å². The Kier molecular flexibility index (Phi) is 8.07. The van der Waals surface area contributed by atoms with Crippen molar-refractivity contribution in [1.29, 1.82) is 0 Å². The number of hydrogen-bond donors (Lipinski definition) is 2. The monoisotopic (exact) mass is 216 g/mol. The zero-order chi connectivity index (χ0) is 11.7.